The maximum absolute atomic E-state index is 13.6. The largest absolute Gasteiger partial charge is 0.508 e. The molecular formula is C16H14FNO3. The number of hydrogen-bond donors (Lipinski definition) is 2. The zero-order valence-corrected chi connectivity index (χ0v) is 11.2. The van der Waals surface area contributed by atoms with E-state index in [1.165, 1.54) is 12.1 Å². The monoisotopic (exact) mass is 287 g/mol. The summed E-state index contributed by atoms with van der Waals surface area (Å²) in [6.07, 6.45) is 0.640. The molecule has 0 fully saturated rings. The minimum atomic E-state index is -0.746. The van der Waals surface area contributed by atoms with Gasteiger partial charge in [0.2, 0.25) is 0 Å². The Bertz CT molecular complexity index is 687. The van der Waals surface area contributed by atoms with E-state index >= 15 is 0 Å². The van der Waals surface area contributed by atoms with E-state index in [9.17, 15) is 9.18 Å². The maximum Gasteiger partial charge on any atom is 0.254 e. The Hall–Kier alpha value is -2.56. The molecule has 0 spiro atoms. The summed E-state index contributed by atoms with van der Waals surface area (Å²) in [6, 6.07) is 10.9. The summed E-state index contributed by atoms with van der Waals surface area (Å²) in [5.41, 5.74) is 0.923. The average molecular weight is 287 g/mol. The molecule has 0 saturated heterocycles. The quantitative estimate of drug-likeness (QED) is 0.890. The first-order chi connectivity index (χ1) is 10.1. The van der Waals surface area contributed by atoms with Crippen LogP contribution < -0.4 is 10.1 Å². The third-order valence-corrected chi connectivity index (χ3v) is 3.41. The van der Waals surface area contributed by atoms with E-state index in [1.807, 2.05) is 24.3 Å². The second kappa shape index (κ2) is 5.44. The molecule has 3 rings (SSSR count). The number of para-hydroxylation sites is 1. The molecule has 2 N–H and O–H groups in total. The lowest BCUT2D eigenvalue weighted by atomic mass is 10.0. The number of phenolic OH excluding ortho intramolecular Hbond substituents is 1. The lowest BCUT2D eigenvalue weighted by Crippen LogP contribution is -2.42. The standard InChI is InChI=1S/C16H14FNO3/c17-14-8-12(19)5-6-13(14)16(20)18-11-7-10-3-1-2-4-15(10)21-9-11/h1-6,8,11,19H,7,9H2,(H,18,20)/t11-/m1/s1. The molecule has 0 unspecified atom stereocenters. The first-order valence-corrected chi connectivity index (χ1v) is 6.63. The number of benzene rings is 2. The zero-order chi connectivity index (χ0) is 14.8. The van der Waals surface area contributed by atoms with Crippen molar-refractivity contribution in [2.75, 3.05) is 6.61 Å². The highest BCUT2D eigenvalue weighted by molar-refractivity contribution is 5.94. The molecule has 1 amide bonds. The van der Waals surface area contributed by atoms with Crippen LogP contribution in [-0.4, -0.2) is 23.7 Å². The van der Waals surface area contributed by atoms with Crippen LogP contribution in [0, 0.1) is 5.82 Å². The van der Waals surface area contributed by atoms with Crippen LogP contribution in [0.3, 0.4) is 0 Å². The summed E-state index contributed by atoms with van der Waals surface area (Å²) >= 11 is 0. The Kier molecular flexibility index (Phi) is 3.48. The molecular weight excluding hydrogens is 273 g/mol. The van der Waals surface area contributed by atoms with Crippen molar-refractivity contribution in [3.63, 3.8) is 0 Å². The molecule has 4 nitrogen and oxygen atoms in total. The van der Waals surface area contributed by atoms with E-state index in [4.69, 9.17) is 9.84 Å². The number of phenols is 1. The van der Waals surface area contributed by atoms with E-state index in [1.54, 1.807) is 0 Å². The predicted molar refractivity (Wildman–Crippen MR) is 75.0 cm³/mol. The number of carbonyl (C=O) groups is 1. The van der Waals surface area contributed by atoms with Crippen LogP contribution in [0.1, 0.15) is 15.9 Å². The number of fused-ring (bicyclic) bond motifs is 1. The maximum atomic E-state index is 13.6. The number of aromatic hydroxyl groups is 1. The van der Waals surface area contributed by atoms with Gasteiger partial charge in [0, 0.05) is 6.07 Å². The molecule has 1 atom stereocenters. The molecule has 0 saturated carbocycles. The number of carbonyl (C=O) groups excluding carboxylic acids is 1. The smallest absolute Gasteiger partial charge is 0.254 e. The fourth-order valence-corrected chi connectivity index (χ4v) is 2.37. The summed E-state index contributed by atoms with van der Waals surface area (Å²) in [6.45, 7) is 0.350. The van der Waals surface area contributed by atoms with Crippen LogP contribution in [0.15, 0.2) is 42.5 Å². The second-order valence-corrected chi connectivity index (χ2v) is 4.96. The first-order valence-electron chi connectivity index (χ1n) is 6.63. The third kappa shape index (κ3) is 2.81. The number of rotatable bonds is 2. The van der Waals surface area contributed by atoms with Crippen molar-refractivity contribution in [2.24, 2.45) is 0 Å². The first kappa shape index (κ1) is 13.4. The van der Waals surface area contributed by atoms with Crippen molar-refractivity contribution in [3.8, 4) is 11.5 Å². The topological polar surface area (TPSA) is 58.6 Å². The van der Waals surface area contributed by atoms with Crippen LogP contribution in [0.5, 0.6) is 11.5 Å². The number of nitrogens with one attached hydrogen (secondary N) is 1. The molecule has 0 aliphatic carbocycles. The molecule has 1 aliphatic rings. The Morgan fingerprint density at radius 3 is 2.90 bits per heavy atom. The third-order valence-electron chi connectivity index (χ3n) is 3.41. The van der Waals surface area contributed by atoms with Gasteiger partial charge in [-0.2, -0.15) is 0 Å². The molecule has 0 bridgehead atoms. The summed E-state index contributed by atoms with van der Waals surface area (Å²) in [5.74, 6) is -0.650. The van der Waals surface area contributed by atoms with Crippen LogP contribution >= 0.6 is 0 Å². The molecule has 1 aliphatic heterocycles. The van der Waals surface area contributed by atoms with Crippen LogP contribution in [0.4, 0.5) is 4.39 Å². The molecule has 21 heavy (non-hydrogen) atoms. The van der Waals surface area contributed by atoms with Crippen LogP contribution in [0.25, 0.3) is 0 Å². The number of hydrogen-bond acceptors (Lipinski definition) is 3. The van der Waals surface area contributed by atoms with Crippen LogP contribution in [-0.2, 0) is 6.42 Å². The fraction of sp³-hybridized carbons (Fsp3) is 0.188. The summed E-state index contributed by atoms with van der Waals surface area (Å²) in [7, 11) is 0. The predicted octanol–water partition coefficient (Wildman–Crippen LogP) is 2.26. The Morgan fingerprint density at radius 1 is 1.29 bits per heavy atom. The van der Waals surface area contributed by atoms with E-state index in [0.717, 1.165) is 17.4 Å². The normalized spacial score (nSPS) is 16.7. The highest BCUT2D eigenvalue weighted by Crippen LogP contribution is 2.24. The van der Waals surface area contributed by atoms with Gasteiger partial charge in [0.05, 0.1) is 11.6 Å². The number of amides is 1. The van der Waals surface area contributed by atoms with Crippen molar-refractivity contribution in [3.05, 3.63) is 59.4 Å². The van der Waals surface area contributed by atoms with Gasteiger partial charge in [-0.1, -0.05) is 18.2 Å². The lowest BCUT2D eigenvalue weighted by Gasteiger charge is -2.26. The highest BCUT2D eigenvalue weighted by atomic mass is 19.1. The Morgan fingerprint density at radius 2 is 2.10 bits per heavy atom. The van der Waals surface area contributed by atoms with Gasteiger partial charge in [0.15, 0.2) is 0 Å². The summed E-state index contributed by atoms with van der Waals surface area (Å²) in [4.78, 5) is 12.1. The van der Waals surface area contributed by atoms with Gasteiger partial charge in [-0.3, -0.25) is 4.79 Å². The van der Waals surface area contributed by atoms with Gasteiger partial charge < -0.3 is 15.2 Å². The van der Waals surface area contributed by atoms with E-state index < -0.39 is 11.7 Å². The van der Waals surface area contributed by atoms with Crippen molar-refractivity contribution < 1.29 is 19.0 Å². The van der Waals surface area contributed by atoms with Crippen LogP contribution in [0.2, 0.25) is 0 Å². The van der Waals surface area contributed by atoms with Crippen molar-refractivity contribution in [1.29, 1.82) is 0 Å². The Balaban J connectivity index is 1.71. The van der Waals surface area contributed by atoms with Gasteiger partial charge in [-0.25, -0.2) is 4.39 Å². The van der Waals surface area contributed by atoms with Crippen molar-refractivity contribution >= 4 is 5.91 Å². The van der Waals surface area contributed by atoms with E-state index in [-0.39, 0.29) is 17.4 Å². The van der Waals surface area contributed by atoms with Crippen molar-refractivity contribution in [1.82, 2.24) is 5.32 Å². The van der Waals surface area contributed by atoms with Gasteiger partial charge in [-0.05, 0) is 30.2 Å². The average Bonchev–Trinajstić information content (AvgIpc) is 2.47. The molecule has 0 aromatic heterocycles. The van der Waals surface area contributed by atoms with Gasteiger partial charge in [-0.15, -0.1) is 0 Å². The second-order valence-electron chi connectivity index (χ2n) is 4.96. The summed E-state index contributed by atoms with van der Waals surface area (Å²) in [5, 5.41) is 11.9. The molecule has 0 radical (unpaired) electrons. The summed E-state index contributed by atoms with van der Waals surface area (Å²) < 4.78 is 19.2. The minimum absolute atomic E-state index is 0.0911. The van der Waals surface area contributed by atoms with Crippen molar-refractivity contribution in [2.45, 2.75) is 12.5 Å². The zero-order valence-electron chi connectivity index (χ0n) is 11.2. The van der Waals surface area contributed by atoms with E-state index in [2.05, 4.69) is 5.32 Å². The fourth-order valence-electron chi connectivity index (χ4n) is 2.37. The number of ether oxygens (including phenoxy) is 1. The van der Waals surface area contributed by atoms with E-state index in [0.29, 0.717) is 13.0 Å². The molecule has 2 aromatic carbocycles. The van der Waals surface area contributed by atoms with Gasteiger partial charge in [0.1, 0.15) is 23.9 Å². The highest BCUT2D eigenvalue weighted by Gasteiger charge is 2.22. The molecule has 108 valence electrons. The Labute approximate surface area is 121 Å². The minimum Gasteiger partial charge on any atom is -0.508 e. The molecule has 1 heterocycles. The lowest BCUT2D eigenvalue weighted by molar-refractivity contribution is 0.0911. The molecule has 2 aromatic rings. The van der Waals surface area contributed by atoms with Gasteiger partial charge in [0.25, 0.3) is 5.91 Å². The van der Waals surface area contributed by atoms with Gasteiger partial charge >= 0.3 is 0 Å². The number of halogens is 1. The molecule has 5 heteroatoms. The SMILES string of the molecule is O=C(N[C@H]1COc2ccccc2C1)c1ccc(O)cc1F.